The lowest BCUT2D eigenvalue weighted by atomic mass is 10.1. The molecule has 1 aromatic rings. The summed E-state index contributed by atoms with van der Waals surface area (Å²) in [4.78, 5) is 35.9. The monoisotopic (exact) mass is 354 g/mol. The van der Waals surface area contributed by atoms with Crippen LogP contribution in [0.4, 0.5) is 5.69 Å². The van der Waals surface area contributed by atoms with E-state index in [1.165, 1.54) is 0 Å². The molecule has 1 atom stereocenters. The molecule has 1 unspecified atom stereocenters. The van der Waals surface area contributed by atoms with Gasteiger partial charge in [0.1, 0.15) is 6.54 Å². The van der Waals surface area contributed by atoms with Gasteiger partial charge in [-0.2, -0.15) is 0 Å². The normalized spacial score (nSPS) is 17.9. The number of carboxylic acids is 1. The molecule has 1 saturated heterocycles. The molecule has 112 valence electrons. The van der Waals surface area contributed by atoms with Crippen molar-refractivity contribution in [3.05, 3.63) is 28.2 Å². The number of nitrogens with one attached hydrogen (secondary N) is 1. The van der Waals surface area contributed by atoms with Crippen LogP contribution >= 0.6 is 15.9 Å². The number of carboxylic acid groups (broad SMARTS) is 1. The van der Waals surface area contributed by atoms with Crippen molar-refractivity contribution in [3.63, 3.8) is 0 Å². The molecule has 0 spiro atoms. The first-order valence-corrected chi connectivity index (χ1v) is 7.24. The third-order valence-electron chi connectivity index (χ3n) is 3.36. The van der Waals surface area contributed by atoms with Crippen LogP contribution in [0.3, 0.4) is 0 Å². The molecule has 0 radical (unpaired) electrons. The van der Waals surface area contributed by atoms with Crippen molar-refractivity contribution in [2.75, 3.05) is 18.0 Å². The lowest BCUT2D eigenvalue weighted by Crippen LogP contribution is -2.36. The van der Waals surface area contributed by atoms with Crippen molar-refractivity contribution in [2.24, 2.45) is 5.92 Å². The smallest absolute Gasteiger partial charge is 0.322 e. The molecule has 2 rings (SSSR count). The highest BCUT2D eigenvalue weighted by molar-refractivity contribution is 9.10. The van der Waals surface area contributed by atoms with E-state index in [4.69, 9.17) is 5.11 Å². The highest BCUT2D eigenvalue weighted by Crippen LogP contribution is 2.28. The third kappa shape index (κ3) is 3.60. The molecule has 0 aliphatic carbocycles. The Hall–Kier alpha value is -1.89. The highest BCUT2D eigenvalue weighted by Gasteiger charge is 2.35. The van der Waals surface area contributed by atoms with Gasteiger partial charge >= 0.3 is 5.97 Å². The zero-order valence-corrected chi connectivity index (χ0v) is 13.0. The number of hydrogen-bond donors (Lipinski definition) is 2. The van der Waals surface area contributed by atoms with Gasteiger partial charge in [0.05, 0.1) is 5.92 Å². The van der Waals surface area contributed by atoms with E-state index in [0.717, 1.165) is 15.7 Å². The summed E-state index contributed by atoms with van der Waals surface area (Å²) in [6, 6.07) is 5.54. The molecule has 1 heterocycles. The molecule has 2 amide bonds. The molecule has 7 heteroatoms. The Morgan fingerprint density at radius 3 is 2.81 bits per heavy atom. The molecule has 0 bridgehead atoms. The topological polar surface area (TPSA) is 86.7 Å². The second-order valence-electron chi connectivity index (χ2n) is 4.95. The van der Waals surface area contributed by atoms with Crippen LogP contribution in [0.15, 0.2) is 22.7 Å². The number of hydrogen-bond acceptors (Lipinski definition) is 3. The molecular formula is C14H15BrN2O4. The molecule has 21 heavy (non-hydrogen) atoms. The van der Waals surface area contributed by atoms with E-state index in [9.17, 15) is 14.4 Å². The van der Waals surface area contributed by atoms with E-state index in [1.54, 1.807) is 4.90 Å². The van der Waals surface area contributed by atoms with Crippen LogP contribution in [0.1, 0.15) is 12.0 Å². The second kappa shape index (κ2) is 6.26. The first kappa shape index (κ1) is 15.5. The molecule has 2 N–H and O–H groups in total. The molecule has 0 saturated carbocycles. The minimum atomic E-state index is -1.10. The summed E-state index contributed by atoms with van der Waals surface area (Å²) in [5.41, 5.74) is 1.74. The average Bonchev–Trinajstić information content (AvgIpc) is 2.81. The van der Waals surface area contributed by atoms with E-state index in [-0.39, 0.29) is 18.9 Å². The summed E-state index contributed by atoms with van der Waals surface area (Å²) >= 11 is 3.40. The van der Waals surface area contributed by atoms with Gasteiger partial charge in [0.15, 0.2) is 0 Å². The van der Waals surface area contributed by atoms with E-state index in [1.807, 2.05) is 25.1 Å². The van der Waals surface area contributed by atoms with E-state index in [0.29, 0.717) is 0 Å². The number of carbonyl (C=O) groups excluding carboxylic acids is 2. The summed E-state index contributed by atoms with van der Waals surface area (Å²) in [6.07, 6.45) is 0.0978. The first-order chi connectivity index (χ1) is 9.88. The van der Waals surface area contributed by atoms with Crippen LogP contribution < -0.4 is 10.2 Å². The largest absolute Gasteiger partial charge is 0.480 e. The molecular weight excluding hydrogens is 340 g/mol. The van der Waals surface area contributed by atoms with Crippen LogP contribution in [0.25, 0.3) is 0 Å². The number of nitrogens with zero attached hydrogens (tertiary/aromatic N) is 1. The van der Waals surface area contributed by atoms with Crippen molar-refractivity contribution in [2.45, 2.75) is 13.3 Å². The maximum absolute atomic E-state index is 12.0. The Balaban J connectivity index is 2.07. The van der Waals surface area contributed by atoms with Gasteiger partial charge in [-0.1, -0.05) is 15.9 Å². The summed E-state index contributed by atoms with van der Waals surface area (Å²) in [7, 11) is 0. The molecule has 1 aromatic carbocycles. The summed E-state index contributed by atoms with van der Waals surface area (Å²) < 4.78 is 0.952. The summed E-state index contributed by atoms with van der Waals surface area (Å²) in [5, 5.41) is 10.9. The van der Waals surface area contributed by atoms with Crippen molar-refractivity contribution >= 4 is 39.4 Å². The predicted octanol–water partition coefficient (Wildman–Crippen LogP) is 1.31. The van der Waals surface area contributed by atoms with Gasteiger partial charge in [0.2, 0.25) is 11.8 Å². The maximum Gasteiger partial charge on any atom is 0.322 e. The molecule has 1 aliphatic rings. The lowest BCUT2D eigenvalue weighted by molar-refractivity contribution is -0.138. The van der Waals surface area contributed by atoms with Gasteiger partial charge in [-0.25, -0.2) is 0 Å². The van der Waals surface area contributed by atoms with Crippen LogP contribution in [-0.4, -0.2) is 36.0 Å². The van der Waals surface area contributed by atoms with Crippen LogP contribution in [0.5, 0.6) is 0 Å². The Labute approximate surface area is 130 Å². The minimum Gasteiger partial charge on any atom is -0.480 e. The molecule has 6 nitrogen and oxygen atoms in total. The second-order valence-corrected chi connectivity index (χ2v) is 5.80. The zero-order valence-electron chi connectivity index (χ0n) is 11.4. The number of carbonyl (C=O) groups is 3. The summed E-state index contributed by atoms with van der Waals surface area (Å²) in [5.74, 6) is -2.15. The first-order valence-electron chi connectivity index (χ1n) is 6.44. The van der Waals surface area contributed by atoms with Crippen LogP contribution in [0, 0.1) is 12.8 Å². The Bertz CT molecular complexity index is 603. The number of halogens is 1. The van der Waals surface area contributed by atoms with E-state index < -0.39 is 24.3 Å². The summed E-state index contributed by atoms with van der Waals surface area (Å²) in [6.45, 7) is 1.76. The number of anilines is 1. The molecule has 0 aromatic heterocycles. The minimum absolute atomic E-state index is 0.0978. The highest BCUT2D eigenvalue weighted by atomic mass is 79.9. The average molecular weight is 355 g/mol. The number of aryl methyl sites for hydroxylation is 1. The Kier molecular flexibility index (Phi) is 4.62. The maximum atomic E-state index is 12.0. The van der Waals surface area contributed by atoms with Crippen LogP contribution in [0.2, 0.25) is 0 Å². The number of amides is 2. The number of aliphatic carboxylic acids is 1. The van der Waals surface area contributed by atoms with E-state index >= 15 is 0 Å². The number of benzene rings is 1. The fraction of sp³-hybridized carbons (Fsp3) is 0.357. The van der Waals surface area contributed by atoms with Gasteiger partial charge in [0, 0.05) is 23.1 Å². The van der Waals surface area contributed by atoms with Crippen molar-refractivity contribution in [1.29, 1.82) is 0 Å². The van der Waals surface area contributed by atoms with Gasteiger partial charge in [-0.15, -0.1) is 0 Å². The zero-order chi connectivity index (χ0) is 15.6. The fourth-order valence-electron chi connectivity index (χ4n) is 2.24. The van der Waals surface area contributed by atoms with Gasteiger partial charge in [-0.3, -0.25) is 14.4 Å². The lowest BCUT2D eigenvalue weighted by Gasteiger charge is -2.17. The van der Waals surface area contributed by atoms with Gasteiger partial charge in [-0.05, 0) is 30.7 Å². The number of rotatable bonds is 4. The predicted molar refractivity (Wildman–Crippen MR) is 80.0 cm³/mol. The standard InChI is InChI=1S/C14H15BrN2O4/c1-8-4-10(2-3-11(8)15)17-7-9(5-12(17)18)14(21)16-6-13(19)20/h2-4,9H,5-7H2,1H3,(H,16,21)(H,19,20). The van der Waals surface area contributed by atoms with Crippen molar-refractivity contribution < 1.29 is 19.5 Å². The van der Waals surface area contributed by atoms with E-state index in [2.05, 4.69) is 21.2 Å². The SMILES string of the molecule is Cc1cc(N2CC(C(=O)NCC(=O)O)CC2=O)ccc1Br. The quantitative estimate of drug-likeness (QED) is 0.853. The van der Waals surface area contributed by atoms with Crippen molar-refractivity contribution in [3.8, 4) is 0 Å². The Morgan fingerprint density at radius 2 is 2.19 bits per heavy atom. The Morgan fingerprint density at radius 1 is 1.48 bits per heavy atom. The van der Waals surface area contributed by atoms with Crippen molar-refractivity contribution in [1.82, 2.24) is 5.32 Å². The molecule has 1 fully saturated rings. The fourth-order valence-corrected chi connectivity index (χ4v) is 2.48. The van der Waals surface area contributed by atoms with Gasteiger partial charge in [0.25, 0.3) is 0 Å². The third-order valence-corrected chi connectivity index (χ3v) is 4.25. The van der Waals surface area contributed by atoms with Crippen LogP contribution in [-0.2, 0) is 14.4 Å². The molecule has 1 aliphatic heterocycles. The van der Waals surface area contributed by atoms with Gasteiger partial charge < -0.3 is 15.3 Å².